The predicted octanol–water partition coefficient (Wildman–Crippen LogP) is 4.41. The molecule has 0 amide bonds. The number of hydrogen-bond acceptors (Lipinski definition) is 4. The summed E-state index contributed by atoms with van der Waals surface area (Å²) in [5.74, 6) is 1.46. The summed E-state index contributed by atoms with van der Waals surface area (Å²) in [5.41, 5.74) is 3.17. The number of hydrogen-bond donors (Lipinski definition) is 0. The zero-order chi connectivity index (χ0) is 18.5. The van der Waals surface area contributed by atoms with E-state index in [1.165, 1.54) is 0 Å². The highest BCUT2D eigenvalue weighted by Gasteiger charge is 2.32. The quantitative estimate of drug-likeness (QED) is 0.534. The van der Waals surface area contributed by atoms with Crippen molar-refractivity contribution in [3.05, 3.63) is 47.5 Å². The molecule has 0 fully saturated rings. The van der Waals surface area contributed by atoms with Crippen LogP contribution in [-0.4, -0.2) is 43.5 Å². The zero-order valence-corrected chi connectivity index (χ0v) is 15.9. The number of fused-ring (bicyclic) bond motifs is 3. The lowest BCUT2D eigenvalue weighted by atomic mass is 10.0. The third kappa shape index (κ3) is 3.47. The molecule has 0 heterocycles. The summed E-state index contributed by atoms with van der Waals surface area (Å²) in [6, 6.07) is 11.5. The Labute approximate surface area is 155 Å². The lowest BCUT2D eigenvalue weighted by Crippen LogP contribution is -2.25. The third-order valence-electron chi connectivity index (χ3n) is 4.86. The lowest BCUT2D eigenvalue weighted by molar-refractivity contribution is 0.103. The first-order valence-electron chi connectivity index (χ1n) is 9.50. The van der Waals surface area contributed by atoms with Crippen LogP contribution in [0.1, 0.15) is 43.1 Å². The average molecular weight is 353 g/mol. The molecule has 0 atom stereocenters. The van der Waals surface area contributed by atoms with E-state index in [2.05, 4.69) is 18.7 Å². The van der Waals surface area contributed by atoms with Crippen molar-refractivity contribution in [2.75, 3.05) is 32.8 Å². The molecular weight excluding hydrogens is 326 g/mol. The van der Waals surface area contributed by atoms with Crippen molar-refractivity contribution >= 4 is 5.78 Å². The first-order chi connectivity index (χ1) is 12.7. The molecule has 0 N–H and O–H groups in total. The van der Waals surface area contributed by atoms with Crippen LogP contribution in [0, 0.1) is 0 Å². The van der Waals surface area contributed by atoms with Crippen molar-refractivity contribution in [2.45, 2.75) is 27.2 Å². The molecule has 4 heteroatoms. The van der Waals surface area contributed by atoms with Crippen LogP contribution >= 0.6 is 0 Å². The molecule has 0 radical (unpaired) electrons. The van der Waals surface area contributed by atoms with Crippen LogP contribution in [-0.2, 0) is 0 Å². The second-order valence-electron chi connectivity index (χ2n) is 6.35. The lowest BCUT2D eigenvalue weighted by Gasteiger charge is -2.18. The van der Waals surface area contributed by atoms with Crippen LogP contribution in [0.5, 0.6) is 11.5 Å². The van der Waals surface area contributed by atoms with Crippen LogP contribution in [0.2, 0.25) is 0 Å². The molecule has 0 aromatic heterocycles. The van der Waals surface area contributed by atoms with E-state index in [1.807, 2.05) is 43.3 Å². The minimum Gasteiger partial charge on any atom is -0.493 e. The van der Waals surface area contributed by atoms with Crippen LogP contribution in [0.3, 0.4) is 0 Å². The zero-order valence-electron chi connectivity index (χ0n) is 15.9. The van der Waals surface area contributed by atoms with Crippen LogP contribution < -0.4 is 9.47 Å². The second-order valence-corrected chi connectivity index (χ2v) is 6.35. The molecule has 0 aliphatic heterocycles. The molecule has 1 aliphatic carbocycles. The van der Waals surface area contributed by atoms with E-state index in [4.69, 9.17) is 9.47 Å². The summed E-state index contributed by atoms with van der Waals surface area (Å²) in [5, 5.41) is 0. The van der Waals surface area contributed by atoms with Gasteiger partial charge < -0.3 is 14.4 Å². The highest BCUT2D eigenvalue weighted by atomic mass is 16.5. The van der Waals surface area contributed by atoms with Gasteiger partial charge in [-0.15, -0.1) is 0 Å². The Bertz CT molecular complexity index is 781. The average Bonchev–Trinajstić information content (AvgIpc) is 2.96. The number of carbonyl (C=O) groups excluding carboxylic acids is 1. The van der Waals surface area contributed by atoms with Crippen molar-refractivity contribution in [3.63, 3.8) is 0 Å². The van der Waals surface area contributed by atoms with Gasteiger partial charge >= 0.3 is 0 Å². The Hall–Kier alpha value is -2.33. The van der Waals surface area contributed by atoms with Crippen molar-refractivity contribution in [1.29, 1.82) is 0 Å². The highest BCUT2D eigenvalue weighted by Crippen LogP contribution is 2.45. The molecule has 0 bridgehead atoms. The molecule has 2 aromatic rings. The largest absolute Gasteiger partial charge is 0.493 e. The van der Waals surface area contributed by atoms with Gasteiger partial charge in [0.15, 0.2) is 5.78 Å². The Kier molecular flexibility index (Phi) is 5.94. The fourth-order valence-electron chi connectivity index (χ4n) is 3.51. The van der Waals surface area contributed by atoms with Crippen molar-refractivity contribution < 1.29 is 14.3 Å². The van der Waals surface area contributed by atoms with Crippen LogP contribution in [0.4, 0.5) is 0 Å². The normalized spacial score (nSPS) is 12.2. The molecule has 138 valence electrons. The maximum Gasteiger partial charge on any atom is 0.198 e. The smallest absolute Gasteiger partial charge is 0.198 e. The molecular formula is C22H27NO3. The van der Waals surface area contributed by atoms with E-state index in [0.717, 1.165) is 42.9 Å². The number of carbonyl (C=O) groups is 1. The van der Waals surface area contributed by atoms with Crippen LogP contribution in [0.25, 0.3) is 11.1 Å². The first kappa shape index (κ1) is 18.5. The summed E-state index contributed by atoms with van der Waals surface area (Å²) in [6.45, 7) is 10.6. The molecule has 0 saturated heterocycles. The fourth-order valence-corrected chi connectivity index (χ4v) is 3.51. The minimum absolute atomic E-state index is 0.0240. The number of rotatable bonds is 9. The summed E-state index contributed by atoms with van der Waals surface area (Å²) >= 11 is 0. The fraction of sp³-hybridized carbons (Fsp3) is 0.409. The van der Waals surface area contributed by atoms with Gasteiger partial charge in [-0.1, -0.05) is 38.1 Å². The van der Waals surface area contributed by atoms with E-state index in [9.17, 15) is 4.79 Å². The Balaban J connectivity index is 1.81. The first-order valence-corrected chi connectivity index (χ1v) is 9.50. The van der Waals surface area contributed by atoms with Gasteiger partial charge in [0, 0.05) is 23.2 Å². The van der Waals surface area contributed by atoms with Crippen molar-refractivity contribution in [1.82, 2.24) is 4.90 Å². The van der Waals surface area contributed by atoms with Crippen LogP contribution in [0.15, 0.2) is 36.4 Å². The summed E-state index contributed by atoms with van der Waals surface area (Å²) in [6.07, 6.45) is 0.941. The van der Waals surface area contributed by atoms with Gasteiger partial charge in [-0.2, -0.15) is 0 Å². The maximum absolute atomic E-state index is 13.0. The molecule has 4 nitrogen and oxygen atoms in total. The van der Waals surface area contributed by atoms with Crippen molar-refractivity contribution in [3.8, 4) is 22.6 Å². The van der Waals surface area contributed by atoms with E-state index < -0.39 is 0 Å². The molecule has 0 unspecified atom stereocenters. The minimum atomic E-state index is 0.0240. The van der Waals surface area contributed by atoms with Crippen molar-refractivity contribution in [2.24, 2.45) is 0 Å². The Morgan fingerprint density at radius 1 is 0.846 bits per heavy atom. The van der Waals surface area contributed by atoms with Gasteiger partial charge in [0.05, 0.1) is 18.8 Å². The molecule has 26 heavy (non-hydrogen) atoms. The number of ether oxygens (including phenoxy) is 2. The maximum atomic E-state index is 13.0. The summed E-state index contributed by atoms with van der Waals surface area (Å²) in [7, 11) is 0. The van der Waals surface area contributed by atoms with E-state index in [0.29, 0.717) is 30.1 Å². The Morgan fingerprint density at radius 3 is 2.15 bits per heavy atom. The monoisotopic (exact) mass is 353 g/mol. The molecule has 1 aliphatic rings. The summed E-state index contributed by atoms with van der Waals surface area (Å²) in [4.78, 5) is 15.3. The number of nitrogens with zero attached hydrogens (tertiary/aromatic N) is 1. The molecule has 0 spiro atoms. The van der Waals surface area contributed by atoms with E-state index in [-0.39, 0.29) is 5.78 Å². The van der Waals surface area contributed by atoms with Gasteiger partial charge in [-0.3, -0.25) is 4.79 Å². The van der Waals surface area contributed by atoms with E-state index in [1.54, 1.807) is 0 Å². The van der Waals surface area contributed by atoms with Gasteiger partial charge in [-0.05, 0) is 38.6 Å². The molecule has 0 saturated carbocycles. The number of benzene rings is 2. The third-order valence-corrected chi connectivity index (χ3v) is 4.86. The standard InChI is InChI=1S/C22H27NO3/c1-4-23(5-2)14-9-15-26-19-13-7-10-16-20-17(22(24)21(16)19)11-8-12-18(20)25-6-3/h7-8,10-13H,4-6,9,14-15H2,1-3H3. The predicted molar refractivity (Wildman–Crippen MR) is 104 cm³/mol. The highest BCUT2D eigenvalue weighted by molar-refractivity contribution is 6.24. The van der Waals surface area contributed by atoms with Gasteiger partial charge in [-0.25, -0.2) is 0 Å². The topological polar surface area (TPSA) is 38.8 Å². The van der Waals surface area contributed by atoms with E-state index >= 15 is 0 Å². The second kappa shape index (κ2) is 8.37. The number of ketones is 1. The van der Waals surface area contributed by atoms with Gasteiger partial charge in [0.2, 0.25) is 0 Å². The SMILES string of the molecule is CCOc1cccc2c1-c1cccc(OCCCN(CC)CC)c1C2=O. The summed E-state index contributed by atoms with van der Waals surface area (Å²) < 4.78 is 11.7. The molecule has 3 rings (SSSR count). The van der Waals surface area contributed by atoms with Gasteiger partial charge in [0.1, 0.15) is 11.5 Å². The van der Waals surface area contributed by atoms with Gasteiger partial charge in [0.25, 0.3) is 0 Å². The molecule has 2 aromatic carbocycles. The Morgan fingerprint density at radius 2 is 1.50 bits per heavy atom.